The van der Waals surface area contributed by atoms with Crippen LogP contribution < -0.4 is 0 Å². The lowest BCUT2D eigenvalue weighted by molar-refractivity contribution is -0.0324. The summed E-state index contributed by atoms with van der Waals surface area (Å²) in [5.41, 5.74) is -3.02. The van der Waals surface area contributed by atoms with Crippen LogP contribution in [0.5, 0.6) is 0 Å². The third kappa shape index (κ3) is 4.81. The number of hydrogen-bond acceptors (Lipinski definition) is 2. The summed E-state index contributed by atoms with van der Waals surface area (Å²) in [6, 6.07) is 7.44. The molecule has 0 aliphatic heterocycles. The summed E-state index contributed by atoms with van der Waals surface area (Å²) in [5.74, 6) is 0. The van der Waals surface area contributed by atoms with E-state index < -0.39 is 5.51 Å². The Morgan fingerprint density at radius 3 is 2.21 bits per heavy atom. The third-order valence-corrected chi connectivity index (χ3v) is 3.34. The van der Waals surface area contributed by atoms with E-state index in [2.05, 4.69) is 0 Å². The zero-order valence-electron chi connectivity index (χ0n) is 7.47. The molecule has 0 saturated carbocycles. The van der Waals surface area contributed by atoms with Crippen molar-refractivity contribution in [2.24, 2.45) is 0 Å². The van der Waals surface area contributed by atoms with Gasteiger partial charge in [-0.3, -0.25) is 0 Å². The van der Waals surface area contributed by atoms with Crippen LogP contribution in [0.3, 0.4) is 0 Å². The van der Waals surface area contributed by atoms with Crippen LogP contribution in [0.15, 0.2) is 29.2 Å². The highest BCUT2D eigenvalue weighted by molar-refractivity contribution is 8.16. The average molecular weight is 238 g/mol. The van der Waals surface area contributed by atoms with Crippen molar-refractivity contribution in [2.45, 2.75) is 17.3 Å². The van der Waals surface area contributed by atoms with Crippen molar-refractivity contribution in [3.05, 3.63) is 29.8 Å². The second kappa shape index (κ2) is 4.98. The Morgan fingerprint density at radius 1 is 1.14 bits per heavy atom. The molecule has 0 aliphatic carbocycles. The molecule has 0 aromatic heterocycles. The molecule has 0 fully saturated rings. The quantitative estimate of drug-likeness (QED) is 0.569. The molecule has 1 rings (SSSR count). The van der Waals surface area contributed by atoms with Gasteiger partial charge in [-0.2, -0.15) is 13.2 Å². The number of thioether (sulfide) groups is 2. The molecule has 14 heavy (non-hydrogen) atoms. The first kappa shape index (κ1) is 11.8. The number of aryl methyl sites for hydroxylation is 1. The monoisotopic (exact) mass is 238 g/mol. The van der Waals surface area contributed by atoms with Crippen molar-refractivity contribution in [2.75, 3.05) is 5.08 Å². The Kier molecular flexibility index (Phi) is 4.19. The molecule has 0 N–H and O–H groups in total. The van der Waals surface area contributed by atoms with Gasteiger partial charge in [0.15, 0.2) is 0 Å². The number of halogens is 3. The number of alkyl halides is 3. The summed E-state index contributed by atoms with van der Waals surface area (Å²) < 4.78 is 35.3. The molecule has 0 radical (unpaired) electrons. The van der Waals surface area contributed by atoms with Crippen LogP contribution in [0, 0.1) is 6.92 Å². The maximum Gasteiger partial charge on any atom is 0.442 e. The Balaban J connectivity index is 2.35. The first-order valence-corrected chi connectivity index (χ1v) is 5.85. The predicted molar refractivity (Wildman–Crippen MR) is 55.5 cm³/mol. The van der Waals surface area contributed by atoms with Crippen molar-refractivity contribution in [1.82, 2.24) is 0 Å². The lowest BCUT2D eigenvalue weighted by atomic mass is 10.2. The third-order valence-electron chi connectivity index (χ3n) is 1.47. The van der Waals surface area contributed by atoms with E-state index in [0.717, 1.165) is 10.5 Å². The Labute approximate surface area is 89.3 Å². The van der Waals surface area contributed by atoms with E-state index in [-0.39, 0.29) is 16.8 Å². The first-order chi connectivity index (χ1) is 6.47. The van der Waals surface area contributed by atoms with Gasteiger partial charge in [-0.15, -0.1) is 11.8 Å². The smallest absolute Gasteiger partial charge is 0.160 e. The molecule has 0 spiro atoms. The normalized spacial score (nSPS) is 11.7. The number of rotatable bonds is 3. The van der Waals surface area contributed by atoms with Gasteiger partial charge in [0, 0.05) is 4.90 Å². The first-order valence-electron chi connectivity index (χ1n) is 3.87. The summed E-state index contributed by atoms with van der Waals surface area (Å²) in [4.78, 5) is 0.868. The summed E-state index contributed by atoms with van der Waals surface area (Å²) in [7, 11) is 0. The zero-order chi connectivity index (χ0) is 10.6. The SMILES string of the molecule is Cc1ccc(SCSC(F)(F)F)cc1. The van der Waals surface area contributed by atoms with Crippen LogP contribution in [-0.2, 0) is 0 Å². The molecular weight excluding hydrogens is 229 g/mol. The fourth-order valence-corrected chi connectivity index (χ4v) is 2.44. The van der Waals surface area contributed by atoms with Gasteiger partial charge < -0.3 is 0 Å². The Morgan fingerprint density at radius 2 is 1.71 bits per heavy atom. The zero-order valence-corrected chi connectivity index (χ0v) is 9.10. The van der Waals surface area contributed by atoms with Crippen LogP contribution >= 0.6 is 23.5 Å². The Bertz CT molecular complexity index is 279. The Hall–Kier alpha value is -0.290. The van der Waals surface area contributed by atoms with E-state index in [1.807, 2.05) is 31.2 Å². The summed E-state index contributed by atoms with van der Waals surface area (Å²) >= 11 is 1.19. The molecule has 0 amide bonds. The van der Waals surface area contributed by atoms with Gasteiger partial charge in [-0.25, -0.2) is 0 Å². The number of benzene rings is 1. The molecule has 1 aromatic carbocycles. The predicted octanol–water partition coefficient (Wildman–Crippen LogP) is 4.30. The average Bonchev–Trinajstić information content (AvgIpc) is 2.06. The van der Waals surface area contributed by atoms with Crippen molar-refractivity contribution < 1.29 is 13.2 Å². The highest BCUT2D eigenvalue weighted by Crippen LogP contribution is 2.34. The summed E-state index contributed by atoms with van der Waals surface area (Å²) in [6.07, 6.45) is 0. The lowest BCUT2D eigenvalue weighted by Gasteiger charge is -2.05. The molecule has 5 heteroatoms. The minimum absolute atomic E-state index is 0.00443. The van der Waals surface area contributed by atoms with Gasteiger partial charge in [0.05, 0.1) is 5.08 Å². The molecule has 0 saturated heterocycles. The van der Waals surface area contributed by atoms with Crippen molar-refractivity contribution in [1.29, 1.82) is 0 Å². The highest BCUT2D eigenvalue weighted by atomic mass is 32.2. The van der Waals surface area contributed by atoms with Crippen LogP contribution in [0.25, 0.3) is 0 Å². The van der Waals surface area contributed by atoms with Gasteiger partial charge in [0.1, 0.15) is 0 Å². The standard InChI is InChI=1S/C9H9F3S2/c1-7-2-4-8(5-3-7)13-6-14-9(10,11)12/h2-5H,6H2,1H3. The molecule has 0 unspecified atom stereocenters. The van der Waals surface area contributed by atoms with Crippen molar-refractivity contribution in [3.8, 4) is 0 Å². The molecule has 1 aromatic rings. The lowest BCUT2D eigenvalue weighted by Crippen LogP contribution is -1.99. The summed E-state index contributed by atoms with van der Waals surface area (Å²) in [5, 5.41) is 0.00651. The number of hydrogen-bond donors (Lipinski definition) is 0. The van der Waals surface area contributed by atoms with Gasteiger partial charge >= 0.3 is 5.51 Å². The van der Waals surface area contributed by atoms with Crippen LogP contribution in [0.1, 0.15) is 5.56 Å². The maximum absolute atomic E-state index is 11.8. The van der Waals surface area contributed by atoms with E-state index >= 15 is 0 Å². The molecule has 0 atom stereocenters. The largest absolute Gasteiger partial charge is 0.442 e. The van der Waals surface area contributed by atoms with E-state index in [1.165, 1.54) is 11.8 Å². The van der Waals surface area contributed by atoms with E-state index in [9.17, 15) is 13.2 Å². The molecule has 0 nitrogen and oxygen atoms in total. The minimum Gasteiger partial charge on any atom is -0.160 e. The van der Waals surface area contributed by atoms with Crippen LogP contribution in [-0.4, -0.2) is 10.6 Å². The van der Waals surface area contributed by atoms with Gasteiger partial charge in [-0.1, -0.05) is 17.7 Å². The molecule has 78 valence electrons. The fraction of sp³-hybridized carbons (Fsp3) is 0.333. The molecular formula is C9H9F3S2. The van der Waals surface area contributed by atoms with Gasteiger partial charge in [-0.05, 0) is 30.8 Å². The topological polar surface area (TPSA) is 0 Å². The molecule has 0 heterocycles. The van der Waals surface area contributed by atoms with Crippen LogP contribution in [0.4, 0.5) is 13.2 Å². The van der Waals surface area contributed by atoms with Gasteiger partial charge in [0.25, 0.3) is 0 Å². The van der Waals surface area contributed by atoms with Gasteiger partial charge in [0.2, 0.25) is 0 Å². The minimum atomic E-state index is -4.13. The van der Waals surface area contributed by atoms with Crippen molar-refractivity contribution in [3.63, 3.8) is 0 Å². The second-order valence-electron chi connectivity index (χ2n) is 2.67. The summed E-state index contributed by atoms with van der Waals surface area (Å²) in [6.45, 7) is 1.94. The van der Waals surface area contributed by atoms with E-state index in [1.54, 1.807) is 0 Å². The van der Waals surface area contributed by atoms with Crippen LogP contribution in [0.2, 0.25) is 0 Å². The maximum atomic E-state index is 11.8. The highest BCUT2D eigenvalue weighted by Gasteiger charge is 2.27. The molecule has 0 aliphatic rings. The van der Waals surface area contributed by atoms with E-state index in [0.29, 0.717) is 0 Å². The molecule has 0 bridgehead atoms. The fourth-order valence-electron chi connectivity index (χ4n) is 0.799. The second-order valence-corrected chi connectivity index (χ2v) is 5.12. The van der Waals surface area contributed by atoms with E-state index in [4.69, 9.17) is 0 Å². The van der Waals surface area contributed by atoms with Crippen molar-refractivity contribution >= 4 is 23.5 Å².